The summed E-state index contributed by atoms with van der Waals surface area (Å²) in [6.07, 6.45) is -2.93. The van der Waals surface area contributed by atoms with Crippen molar-refractivity contribution < 1.29 is 45.6 Å². The molecule has 4 amide bonds. The second kappa shape index (κ2) is 15.9. The molecule has 1 aliphatic carbocycles. The molecule has 0 heterocycles. The van der Waals surface area contributed by atoms with Gasteiger partial charge in [-0.3, -0.25) is 24.0 Å². The molecule has 11 nitrogen and oxygen atoms in total. The van der Waals surface area contributed by atoms with E-state index in [0.29, 0.717) is 30.7 Å². The maximum atomic E-state index is 13.5. The number of halogens is 4. The van der Waals surface area contributed by atoms with Crippen molar-refractivity contribution in [3.8, 4) is 0 Å². The number of sulfonamides is 1. The number of nitrogens with zero attached hydrogens (tertiary/aromatic N) is 1. The highest BCUT2D eigenvalue weighted by Gasteiger charge is 2.49. The molecule has 1 saturated carbocycles. The van der Waals surface area contributed by atoms with Crippen LogP contribution in [0.3, 0.4) is 0 Å². The van der Waals surface area contributed by atoms with Gasteiger partial charge in [0.2, 0.25) is 11.8 Å². The Bertz CT molecular complexity index is 1610. The lowest BCUT2D eigenvalue weighted by atomic mass is 9.95. The molecule has 0 aromatic heterocycles. The molecule has 0 bridgehead atoms. The van der Waals surface area contributed by atoms with Gasteiger partial charge in [0.05, 0.1) is 11.4 Å². The van der Waals surface area contributed by atoms with Crippen molar-refractivity contribution in [1.82, 2.24) is 20.3 Å². The van der Waals surface area contributed by atoms with Gasteiger partial charge in [-0.1, -0.05) is 52.1 Å². The van der Waals surface area contributed by atoms with Crippen LogP contribution in [0.2, 0.25) is 5.02 Å². The van der Waals surface area contributed by atoms with E-state index in [0.717, 1.165) is 4.90 Å². The fraction of sp³-hybridized carbons (Fsp3) is 0.469. The summed E-state index contributed by atoms with van der Waals surface area (Å²) in [5.41, 5.74) is -0.0456. The van der Waals surface area contributed by atoms with Crippen LogP contribution in [0.4, 0.5) is 13.2 Å². The second-order valence-corrected chi connectivity index (χ2v) is 14.3. The molecule has 3 rings (SSSR count). The standard InChI is InChI=1S/C32H38ClF3N4O7S/c1-18(2)26(31(45)37-17-25(41)40(23-7-5-6-8-23)27(19(3)4)28(42)32(34,35)36)38-29(43)20-9-11-21(12-10-20)30(44)39-48(46,47)24-15-13-22(33)14-16-24/h9-16,18-19,23,26-27H,5-8,17H2,1-4H3,(H,37,45)(H,38,43)(H,39,44)/t26-,27?/m0/s1. The largest absolute Gasteiger partial charge is 0.452 e. The number of hydrogen-bond donors (Lipinski definition) is 3. The number of Topliss-reactive ketones (excluding diaryl/α,β-unsaturated/α-hetero) is 1. The highest BCUT2D eigenvalue weighted by molar-refractivity contribution is 7.90. The van der Waals surface area contributed by atoms with Crippen molar-refractivity contribution in [3.63, 3.8) is 0 Å². The predicted octanol–water partition coefficient (Wildman–Crippen LogP) is 4.26. The van der Waals surface area contributed by atoms with Crippen LogP contribution in [0, 0.1) is 11.8 Å². The zero-order chi connectivity index (χ0) is 36.0. The molecule has 0 aliphatic heterocycles. The van der Waals surface area contributed by atoms with Gasteiger partial charge in [0.25, 0.3) is 27.6 Å². The molecular formula is C32H38ClF3N4O7S. The first kappa shape index (κ1) is 38.5. The van der Waals surface area contributed by atoms with Gasteiger partial charge in [-0.25, -0.2) is 13.1 Å². The number of carbonyl (C=O) groups is 5. The number of rotatable bonds is 13. The number of amides is 4. The van der Waals surface area contributed by atoms with E-state index in [4.69, 9.17) is 11.6 Å². The monoisotopic (exact) mass is 714 g/mol. The normalized spacial score (nSPS) is 15.1. The Kier molecular flexibility index (Phi) is 12.8. The van der Waals surface area contributed by atoms with Gasteiger partial charge in [-0.2, -0.15) is 13.2 Å². The van der Waals surface area contributed by atoms with Crippen molar-refractivity contribution >= 4 is 51.0 Å². The third kappa shape index (κ3) is 9.78. The molecule has 0 radical (unpaired) electrons. The fourth-order valence-corrected chi connectivity index (χ4v) is 6.54. The van der Waals surface area contributed by atoms with E-state index in [9.17, 15) is 45.6 Å². The van der Waals surface area contributed by atoms with Crippen LogP contribution in [-0.4, -0.2) is 73.6 Å². The first-order valence-corrected chi connectivity index (χ1v) is 17.1. The lowest BCUT2D eigenvalue weighted by molar-refractivity contribution is -0.181. The van der Waals surface area contributed by atoms with Gasteiger partial charge in [0.1, 0.15) is 12.1 Å². The summed E-state index contributed by atoms with van der Waals surface area (Å²) in [7, 11) is -4.20. The molecule has 0 saturated heterocycles. The highest BCUT2D eigenvalue weighted by atomic mass is 35.5. The van der Waals surface area contributed by atoms with Crippen molar-refractivity contribution in [2.75, 3.05) is 6.54 Å². The van der Waals surface area contributed by atoms with E-state index < -0.39 is 82.1 Å². The minimum Gasteiger partial charge on any atom is -0.345 e. The maximum Gasteiger partial charge on any atom is 0.452 e. The molecule has 2 aromatic rings. The van der Waals surface area contributed by atoms with E-state index in [1.807, 2.05) is 4.72 Å². The molecule has 1 fully saturated rings. The lowest BCUT2D eigenvalue weighted by Crippen LogP contribution is -2.58. The van der Waals surface area contributed by atoms with Gasteiger partial charge >= 0.3 is 6.18 Å². The smallest absolute Gasteiger partial charge is 0.345 e. The first-order valence-electron chi connectivity index (χ1n) is 15.3. The summed E-state index contributed by atoms with van der Waals surface area (Å²) in [5.74, 6) is -6.65. The fourth-order valence-electron chi connectivity index (χ4n) is 5.44. The number of ketones is 1. The Morgan fingerprint density at radius 3 is 1.85 bits per heavy atom. The molecule has 2 aromatic carbocycles. The Balaban J connectivity index is 1.68. The van der Waals surface area contributed by atoms with Crippen LogP contribution >= 0.6 is 11.6 Å². The Morgan fingerprint density at radius 1 is 0.854 bits per heavy atom. The summed E-state index contributed by atoms with van der Waals surface area (Å²) in [6, 6.07) is 6.59. The minimum atomic E-state index is -5.15. The predicted molar refractivity (Wildman–Crippen MR) is 170 cm³/mol. The molecule has 1 aliphatic rings. The van der Waals surface area contributed by atoms with Crippen LogP contribution in [0.15, 0.2) is 53.4 Å². The van der Waals surface area contributed by atoms with E-state index in [2.05, 4.69) is 10.6 Å². The van der Waals surface area contributed by atoms with Crippen LogP contribution in [0.5, 0.6) is 0 Å². The van der Waals surface area contributed by atoms with Crippen LogP contribution in [-0.2, 0) is 24.4 Å². The van der Waals surface area contributed by atoms with E-state index >= 15 is 0 Å². The third-order valence-corrected chi connectivity index (χ3v) is 9.49. The third-order valence-electron chi connectivity index (χ3n) is 7.90. The molecule has 1 unspecified atom stereocenters. The van der Waals surface area contributed by atoms with Gasteiger partial charge in [-0.05, 0) is 73.2 Å². The maximum absolute atomic E-state index is 13.5. The van der Waals surface area contributed by atoms with Gasteiger partial charge in [-0.15, -0.1) is 0 Å². The zero-order valence-corrected chi connectivity index (χ0v) is 28.3. The number of nitrogens with one attached hydrogen (secondary N) is 3. The summed E-state index contributed by atoms with van der Waals surface area (Å²) in [6.45, 7) is 5.42. The van der Waals surface area contributed by atoms with E-state index in [1.165, 1.54) is 62.4 Å². The molecule has 16 heteroatoms. The van der Waals surface area contributed by atoms with E-state index in [1.54, 1.807) is 13.8 Å². The van der Waals surface area contributed by atoms with Crippen LogP contribution in [0.1, 0.15) is 74.1 Å². The zero-order valence-electron chi connectivity index (χ0n) is 26.8. The molecule has 0 spiro atoms. The Morgan fingerprint density at radius 2 is 1.38 bits per heavy atom. The minimum absolute atomic E-state index is 0.0273. The number of hydrogen-bond acceptors (Lipinski definition) is 7. The number of benzene rings is 2. The van der Waals surface area contributed by atoms with Crippen molar-refractivity contribution in [2.45, 2.75) is 82.6 Å². The SMILES string of the molecule is CC(C)C(C(=O)C(F)(F)F)N(C(=O)CNC(=O)[C@@H](NC(=O)c1ccc(C(=O)NS(=O)(=O)c2ccc(Cl)cc2)cc1)C(C)C)C1CCCC1. The summed E-state index contributed by atoms with van der Waals surface area (Å²) in [5, 5.41) is 5.26. The summed E-state index contributed by atoms with van der Waals surface area (Å²) in [4.78, 5) is 65.3. The molecule has 3 N–H and O–H groups in total. The lowest BCUT2D eigenvalue weighted by Gasteiger charge is -2.38. The number of carbonyl (C=O) groups excluding carboxylic acids is 5. The molecule has 2 atom stereocenters. The van der Waals surface area contributed by atoms with Crippen molar-refractivity contribution in [1.29, 1.82) is 0 Å². The van der Waals surface area contributed by atoms with Crippen molar-refractivity contribution in [2.24, 2.45) is 11.8 Å². The van der Waals surface area contributed by atoms with Gasteiger partial charge in [0.15, 0.2) is 0 Å². The Labute approximate surface area is 282 Å². The second-order valence-electron chi connectivity index (χ2n) is 12.2. The molecule has 48 heavy (non-hydrogen) atoms. The van der Waals surface area contributed by atoms with Gasteiger partial charge < -0.3 is 15.5 Å². The summed E-state index contributed by atoms with van der Waals surface area (Å²) < 4.78 is 67.5. The average Bonchev–Trinajstić information content (AvgIpc) is 3.54. The van der Waals surface area contributed by atoms with E-state index in [-0.39, 0.29) is 16.0 Å². The quantitative estimate of drug-likeness (QED) is 0.280. The topological polar surface area (TPSA) is 159 Å². The van der Waals surface area contributed by atoms with Crippen LogP contribution < -0.4 is 15.4 Å². The molecular weight excluding hydrogens is 677 g/mol. The van der Waals surface area contributed by atoms with Crippen molar-refractivity contribution in [3.05, 3.63) is 64.7 Å². The Hall–Kier alpha value is -3.98. The number of alkyl halides is 3. The summed E-state index contributed by atoms with van der Waals surface area (Å²) >= 11 is 5.78. The molecule has 262 valence electrons. The van der Waals surface area contributed by atoms with Crippen LogP contribution in [0.25, 0.3) is 0 Å². The van der Waals surface area contributed by atoms with Gasteiger partial charge in [0, 0.05) is 22.2 Å². The highest BCUT2D eigenvalue weighted by Crippen LogP contribution is 2.31. The average molecular weight is 715 g/mol. The first-order chi connectivity index (χ1) is 22.3.